The van der Waals surface area contributed by atoms with E-state index in [2.05, 4.69) is 15.8 Å². The number of benzene rings is 1. The normalized spacial score (nSPS) is 24.7. The number of rotatable bonds is 8. The highest BCUT2D eigenvalue weighted by Crippen LogP contribution is 2.40. The van der Waals surface area contributed by atoms with Crippen LogP contribution < -0.4 is 10.6 Å². The second-order valence-corrected chi connectivity index (χ2v) is 12.0. The van der Waals surface area contributed by atoms with Gasteiger partial charge in [0.25, 0.3) is 5.91 Å². The quantitative estimate of drug-likeness (QED) is 0.595. The summed E-state index contributed by atoms with van der Waals surface area (Å²) in [4.78, 5) is 12.8. The van der Waals surface area contributed by atoms with Gasteiger partial charge in [-0.25, -0.2) is 8.42 Å². The number of carbonyl (C=O) groups excluding carboxylic acids is 1. The predicted molar refractivity (Wildman–Crippen MR) is 129 cm³/mol. The molecule has 2 aromatic rings. The van der Waals surface area contributed by atoms with Crippen molar-refractivity contribution in [2.45, 2.75) is 62.9 Å². The van der Waals surface area contributed by atoms with Gasteiger partial charge in [-0.1, -0.05) is 35.5 Å². The summed E-state index contributed by atoms with van der Waals surface area (Å²) in [5.74, 6) is 1.35. The molecule has 8 nitrogen and oxygen atoms in total. The Balaban J connectivity index is 1.28. The average molecular weight is 487 g/mol. The van der Waals surface area contributed by atoms with E-state index < -0.39 is 10.0 Å². The van der Waals surface area contributed by atoms with Crippen LogP contribution in [0.2, 0.25) is 0 Å². The highest BCUT2D eigenvalue weighted by atomic mass is 32.2. The first-order chi connectivity index (χ1) is 16.5. The molecule has 2 saturated heterocycles. The fourth-order valence-corrected chi connectivity index (χ4v) is 7.37. The lowest BCUT2D eigenvalue weighted by Crippen LogP contribution is -2.53. The summed E-state index contributed by atoms with van der Waals surface area (Å²) in [6.45, 7) is 2.18. The molecular formula is C25H34N4O4S. The maximum atomic E-state index is 13.5. The van der Waals surface area contributed by atoms with Gasteiger partial charge in [0.15, 0.2) is 5.69 Å². The van der Waals surface area contributed by atoms with E-state index in [-0.39, 0.29) is 29.7 Å². The van der Waals surface area contributed by atoms with Gasteiger partial charge in [-0.3, -0.25) is 4.79 Å². The van der Waals surface area contributed by atoms with E-state index in [4.69, 9.17) is 4.52 Å². The van der Waals surface area contributed by atoms with E-state index in [9.17, 15) is 13.2 Å². The lowest BCUT2D eigenvalue weighted by molar-refractivity contribution is 0.0902. The Morgan fingerprint density at radius 3 is 2.62 bits per heavy atom. The van der Waals surface area contributed by atoms with Crippen molar-refractivity contribution in [2.75, 3.05) is 25.4 Å². The minimum atomic E-state index is -3.39. The lowest BCUT2D eigenvalue weighted by Gasteiger charge is -2.39. The van der Waals surface area contributed by atoms with E-state index in [1.54, 1.807) is 10.4 Å². The van der Waals surface area contributed by atoms with Gasteiger partial charge in [0.05, 0.1) is 5.75 Å². The third-order valence-electron chi connectivity index (χ3n) is 7.31. The molecule has 0 radical (unpaired) electrons. The zero-order valence-corrected chi connectivity index (χ0v) is 20.3. The van der Waals surface area contributed by atoms with Gasteiger partial charge >= 0.3 is 0 Å². The van der Waals surface area contributed by atoms with Crippen molar-refractivity contribution in [3.63, 3.8) is 0 Å². The monoisotopic (exact) mass is 486 g/mol. The van der Waals surface area contributed by atoms with Crippen molar-refractivity contribution in [3.05, 3.63) is 53.4 Å². The first-order valence-electron chi connectivity index (χ1n) is 12.5. The number of carbonyl (C=O) groups is 1. The van der Waals surface area contributed by atoms with Gasteiger partial charge in [0, 0.05) is 30.6 Å². The maximum absolute atomic E-state index is 13.5. The summed E-state index contributed by atoms with van der Waals surface area (Å²) >= 11 is 0. The highest BCUT2D eigenvalue weighted by molar-refractivity contribution is 7.89. The number of piperidine rings is 2. The number of hydrogen-bond acceptors (Lipinski definition) is 6. The van der Waals surface area contributed by atoms with E-state index in [1.165, 1.54) is 0 Å². The van der Waals surface area contributed by atoms with Crippen molar-refractivity contribution < 1.29 is 17.7 Å². The standard InChI is InChI=1S/C25H34N4O4S/c30-25(23-16-24(33-28-23)20-6-7-20)27-21-10-13-29(22(15-21)14-18-4-2-1-3-5-18)34(31,32)17-19-8-11-26-12-9-19/h1-5,16,19-22,26H,6-15,17H2,(H,27,30)/t21-,22+/m0/s1. The zero-order valence-electron chi connectivity index (χ0n) is 19.5. The van der Waals surface area contributed by atoms with Crippen molar-refractivity contribution in [3.8, 4) is 0 Å². The smallest absolute Gasteiger partial charge is 0.273 e. The maximum Gasteiger partial charge on any atom is 0.273 e. The fourth-order valence-electron chi connectivity index (χ4n) is 5.26. The molecule has 1 aromatic heterocycles. The van der Waals surface area contributed by atoms with Crippen LogP contribution in [0.3, 0.4) is 0 Å². The molecular weight excluding hydrogens is 452 g/mol. The number of nitrogens with zero attached hydrogens (tertiary/aromatic N) is 2. The van der Waals surface area contributed by atoms with Crippen molar-refractivity contribution in [2.24, 2.45) is 5.92 Å². The molecule has 0 bridgehead atoms. The summed E-state index contributed by atoms with van der Waals surface area (Å²) in [5, 5.41) is 10.3. The summed E-state index contributed by atoms with van der Waals surface area (Å²) in [6.07, 6.45) is 5.78. The van der Waals surface area contributed by atoms with Crippen molar-refractivity contribution in [1.29, 1.82) is 0 Å². The first-order valence-corrected chi connectivity index (χ1v) is 14.1. The number of amides is 1. The van der Waals surface area contributed by atoms with Gasteiger partial charge in [-0.15, -0.1) is 0 Å². The van der Waals surface area contributed by atoms with Crippen LogP contribution in [0.1, 0.15) is 66.3 Å². The van der Waals surface area contributed by atoms with E-state index in [0.29, 0.717) is 37.4 Å². The van der Waals surface area contributed by atoms with E-state index in [1.807, 2.05) is 30.3 Å². The highest BCUT2D eigenvalue weighted by Gasteiger charge is 2.38. The largest absolute Gasteiger partial charge is 0.360 e. The molecule has 5 rings (SSSR count). The third-order valence-corrected chi connectivity index (χ3v) is 9.40. The topological polar surface area (TPSA) is 105 Å². The molecule has 3 aliphatic rings. The Morgan fingerprint density at radius 2 is 1.88 bits per heavy atom. The van der Waals surface area contributed by atoms with Gasteiger partial charge in [-0.2, -0.15) is 4.31 Å². The van der Waals surface area contributed by atoms with Crippen molar-refractivity contribution in [1.82, 2.24) is 20.1 Å². The molecule has 3 fully saturated rings. The minimum Gasteiger partial charge on any atom is -0.360 e. The Labute approximate surface area is 201 Å². The number of sulfonamides is 1. The molecule has 184 valence electrons. The number of hydrogen-bond donors (Lipinski definition) is 2. The Morgan fingerprint density at radius 1 is 1.12 bits per heavy atom. The van der Waals surface area contributed by atoms with Crippen LogP contribution >= 0.6 is 0 Å². The molecule has 34 heavy (non-hydrogen) atoms. The summed E-state index contributed by atoms with van der Waals surface area (Å²) in [5.41, 5.74) is 1.41. The van der Waals surface area contributed by atoms with E-state index in [0.717, 1.165) is 50.1 Å². The van der Waals surface area contributed by atoms with E-state index >= 15 is 0 Å². The third kappa shape index (κ3) is 5.70. The minimum absolute atomic E-state index is 0.104. The molecule has 0 unspecified atom stereocenters. The number of aromatic nitrogens is 1. The summed E-state index contributed by atoms with van der Waals surface area (Å²) < 4.78 is 34.0. The van der Waals surface area contributed by atoms with Crippen LogP contribution in [0.25, 0.3) is 0 Å². The van der Waals surface area contributed by atoms with Crippen molar-refractivity contribution >= 4 is 15.9 Å². The Bertz CT molecular complexity index is 1080. The van der Waals surface area contributed by atoms with Crippen LogP contribution in [-0.2, 0) is 16.4 Å². The van der Waals surface area contributed by atoms with Gasteiger partial charge in [-0.05, 0) is 69.5 Å². The molecule has 1 aliphatic carbocycles. The molecule has 2 aliphatic heterocycles. The Kier molecular flexibility index (Phi) is 7.04. The number of nitrogens with one attached hydrogen (secondary N) is 2. The summed E-state index contributed by atoms with van der Waals surface area (Å²) in [7, 11) is -3.39. The first kappa shape index (κ1) is 23.5. The molecule has 1 aromatic carbocycles. The van der Waals surface area contributed by atoms with Crippen LogP contribution in [0.5, 0.6) is 0 Å². The van der Waals surface area contributed by atoms with Gasteiger partial charge in [0.2, 0.25) is 10.0 Å². The Hall–Kier alpha value is -2.23. The second-order valence-electron chi connectivity index (χ2n) is 10.0. The SMILES string of the molecule is O=C(N[C@H]1CCN(S(=O)(=O)CC2CCNCC2)[C@H](Cc2ccccc2)C1)c1cc(C2CC2)on1. The molecule has 1 amide bonds. The zero-order chi connectivity index (χ0) is 23.5. The second kappa shape index (κ2) is 10.2. The van der Waals surface area contributed by atoms with Crippen LogP contribution in [0, 0.1) is 5.92 Å². The molecule has 1 saturated carbocycles. The molecule has 3 heterocycles. The average Bonchev–Trinajstić information content (AvgIpc) is 3.56. The van der Waals surface area contributed by atoms with Crippen LogP contribution in [0.15, 0.2) is 40.9 Å². The van der Waals surface area contributed by atoms with Gasteiger partial charge < -0.3 is 15.2 Å². The molecule has 2 N–H and O–H groups in total. The molecule has 9 heteroatoms. The van der Waals surface area contributed by atoms with Gasteiger partial charge in [0.1, 0.15) is 5.76 Å². The molecule has 2 atom stereocenters. The van der Waals surface area contributed by atoms with Crippen LogP contribution in [-0.4, -0.2) is 61.3 Å². The fraction of sp³-hybridized carbons (Fsp3) is 0.600. The summed E-state index contributed by atoms with van der Waals surface area (Å²) in [6, 6.07) is 11.4. The lowest BCUT2D eigenvalue weighted by atomic mass is 9.94. The predicted octanol–water partition coefficient (Wildman–Crippen LogP) is 2.69. The molecule has 0 spiro atoms. The van der Waals surface area contributed by atoms with Crippen LogP contribution in [0.4, 0.5) is 0 Å².